The first-order valence-corrected chi connectivity index (χ1v) is 9.12. The van der Waals surface area contributed by atoms with Gasteiger partial charge in [0.2, 0.25) is 5.91 Å². The van der Waals surface area contributed by atoms with Crippen molar-refractivity contribution in [1.82, 2.24) is 5.32 Å². The van der Waals surface area contributed by atoms with Crippen molar-refractivity contribution in [2.75, 3.05) is 0 Å². The Kier molecular flexibility index (Phi) is 10.1. The molecule has 1 saturated carbocycles. The first kappa shape index (κ1) is 19.1. The molecule has 0 aromatic rings. The first-order chi connectivity index (χ1) is 10.6. The van der Waals surface area contributed by atoms with Crippen LogP contribution in [0.4, 0.5) is 0 Å². The van der Waals surface area contributed by atoms with E-state index in [0.717, 1.165) is 38.5 Å². The van der Waals surface area contributed by atoms with E-state index in [-0.39, 0.29) is 24.2 Å². The molecule has 1 aliphatic carbocycles. The third-order valence-corrected chi connectivity index (χ3v) is 4.49. The molecule has 2 N–H and O–H groups in total. The fraction of sp³-hybridized carbons (Fsp3) is 0.889. The van der Waals surface area contributed by atoms with Crippen LogP contribution in [0.25, 0.3) is 0 Å². The van der Waals surface area contributed by atoms with Crippen molar-refractivity contribution in [3.8, 4) is 0 Å². The second-order valence-electron chi connectivity index (χ2n) is 6.61. The van der Waals surface area contributed by atoms with Gasteiger partial charge in [-0.05, 0) is 19.3 Å². The Bertz CT molecular complexity index is 330. The molecule has 0 bridgehead atoms. The van der Waals surface area contributed by atoms with Gasteiger partial charge in [0.25, 0.3) is 0 Å². The zero-order valence-corrected chi connectivity index (χ0v) is 14.1. The van der Waals surface area contributed by atoms with Crippen molar-refractivity contribution in [3.63, 3.8) is 0 Å². The third kappa shape index (κ3) is 8.52. The van der Waals surface area contributed by atoms with Crippen LogP contribution in [0.1, 0.15) is 90.4 Å². The van der Waals surface area contributed by atoms with Gasteiger partial charge in [0.15, 0.2) is 0 Å². The van der Waals surface area contributed by atoms with Crippen LogP contribution in [0, 0.1) is 0 Å². The van der Waals surface area contributed by atoms with Crippen LogP contribution in [-0.2, 0) is 9.59 Å². The summed E-state index contributed by atoms with van der Waals surface area (Å²) in [6, 6.07) is -0.160. The summed E-state index contributed by atoms with van der Waals surface area (Å²) in [5, 5.41) is 12.6. The van der Waals surface area contributed by atoms with Gasteiger partial charge in [-0.25, -0.2) is 0 Å². The van der Waals surface area contributed by atoms with E-state index in [4.69, 9.17) is 0 Å². The van der Waals surface area contributed by atoms with Crippen LogP contribution in [0.15, 0.2) is 0 Å². The Labute approximate surface area is 135 Å². The van der Waals surface area contributed by atoms with E-state index >= 15 is 0 Å². The van der Waals surface area contributed by atoms with Gasteiger partial charge in [0.05, 0.1) is 18.6 Å². The number of unbranched alkanes of at least 4 members (excludes halogenated alkanes) is 6. The molecule has 1 unspecified atom stereocenters. The lowest BCUT2D eigenvalue weighted by molar-refractivity contribution is -0.129. The van der Waals surface area contributed by atoms with E-state index in [0.29, 0.717) is 6.42 Å². The van der Waals surface area contributed by atoms with E-state index in [2.05, 4.69) is 12.2 Å². The number of hydrogen-bond acceptors (Lipinski definition) is 3. The fourth-order valence-corrected chi connectivity index (χ4v) is 3.08. The second-order valence-corrected chi connectivity index (χ2v) is 6.61. The number of Topliss-reactive ketones (excluding diaryl/α,β-unsaturated/α-hetero) is 1. The topological polar surface area (TPSA) is 66.4 Å². The van der Waals surface area contributed by atoms with Crippen molar-refractivity contribution >= 4 is 11.7 Å². The van der Waals surface area contributed by atoms with Crippen molar-refractivity contribution < 1.29 is 14.7 Å². The van der Waals surface area contributed by atoms with Crippen LogP contribution in [0.5, 0.6) is 0 Å². The van der Waals surface area contributed by atoms with Gasteiger partial charge in [-0.15, -0.1) is 0 Å². The molecule has 4 nitrogen and oxygen atoms in total. The molecule has 1 fully saturated rings. The van der Waals surface area contributed by atoms with Gasteiger partial charge in [-0.3, -0.25) is 9.59 Å². The normalized spacial score (nSPS) is 21.5. The van der Waals surface area contributed by atoms with E-state index in [1.54, 1.807) is 0 Å². The zero-order chi connectivity index (χ0) is 16.2. The number of hydrogen-bond donors (Lipinski definition) is 2. The maximum absolute atomic E-state index is 11.8. The predicted octanol–water partition coefficient (Wildman–Crippen LogP) is 3.51. The molecular weight excluding hydrogens is 278 g/mol. The van der Waals surface area contributed by atoms with Crippen LogP contribution < -0.4 is 5.32 Å². The largest absolute Gasteiger partial charge is 0.391 e. The molecule has 0 heterocycles. The van der Waals surface area contributed by atoms with E-state index < -0.39 is 6.10 Å². The number of nitrogens with one attached hydrogen (secondary N) is 1. The predicted molar refractivity (Wildman–Crippen MR) is 88.6 cm³/mol. The average molecular weight is 311 g/mol. The van der Waals surface area contributed by atoms with Gasteiger partial charge in [-0.2, -0.15) is 0 Å². The summed E-state index contributed by atoms with van der Waals surface area (Å²) in [6.45, 7) is 2.20. The van der Waals surface area contributed by atoms with Gasteiger partial charge in [-0.1, -0.05) is 58.3 Å². The van der Waals surface area contributed by atoms with Crippen molar-refractivity contribution in [1.29, 1.82) is 0 Å². The minimum absolute atomic E-state index is 0.0244. The lowest BCUT2D eigenvalue weighted by atomic mass is 9.92. The third-order valence-electron chi connectivity index (χ3n) is 4.49. The molecular formula is C18H33NO3. The highest BCUT2D eigenvalue weighted by Crippen LogP contribution is 2.18. The minimum atomic E-state index is -0.448. The SMILES string of the molecule is CCCCCCCCCC(=O)CC(=O)NC1CCCC[C@@H]1O. The summed E-state index contributed by atoms with van der Waals surface area (Å²) < 4.78 is 0. The van der Waals surface area contributed by atoms with Crippen LogP contribution in [0.2, 0.25) is 0 Å². The van der Waals surface area contributed by atoms with Gasteiger partial charge in [0, 0.05) is 6.42 Å². The molecule has 0 aromatic heterocycles. The van der Waals surface area contributed by atoms with Crippen molar-refractivity contribution in [2.24, 2.45) is 0 Å². The van der Waals surface area contributed by atoms with Crippen molar-refractivity contribution in [3.05, 3.63) is 0 Å². The van der Waals surface area contributed by atoms with Gasteiger partial charge < -0.3 is 10.4 Å². The molecule has 0 radical (unpaired) electrons. The lowest BCUT2D eigenvalue weighted by Crippen LogP contribution is -2.45. The van der Waals surface area contributed by atoms with E-state index in [1.807, 2.05) is 0 Å². The summed E-state index contributed by atoms with van der Waals surface area (Å²) in [6.07, 6.45) is 11.9. The molecule has 0 spiro atoms. The number of aliphatic hydroxyl groups is 1. The second kappa shape index (κ2) is 11.6. The standard InChI is InChI=1S/C18H33NO3/c1-2-3-4-5-6-7-8-11-15(20)14-18(22)19-16-12-9-10-13-17(16)21/h16-17,21H,2-14H2,1H3,(H,19,22)/t16?,17-/m0/s1. The number of rotatable bonds is 11. The summed E-state index contributed by atoms with van der Waals surface area (Å²) in [4.78, 5) is 23.6. The molecule has 22 heavy (non-hydrogen) atoms. The summed E-state index contributed by atoms with van der Waals surface area (Å²) >= 11 is 0. The molecule has 0 saturated heterocycles. The molecule has 0 aliphatic heterocycles. The molecule has 1 amide bonds. The Morgan fingerprint density at radius 3 is 2.32 bits per heavy atom. The maximum atomic E-state index is 11.8. The maximum Gasteiger partial charge on any atom is 0.227 e. The van der Waals surface area contributed by atoms with Crippen LogP contribution in [-0.4, -0.2) is 28.9 Å². The van der Waals surface area contributed by atoms with Gasteiger partial charge >= 0.3 is 0 Å². The Morgan fingerprint density at radius 1 is 1.00 bits per heavy atom. The number of carbonyl (C=O) groups excluding carboxylic acids is 2. The molecule has 1 rings (SSSR count). The summed E-state index contributed by atoms with van der Waals surface area (Å²) in [7, 11) is 0. The van der Waals surface area contributed by atoms with E-state index in [1.165, 1.54) is 32.1 Å². The summed E-state index contributed by atoms with van der Waals surface area (Å²) in [5.41, 5.74) is 0. The quantitative estimate of drug-likeness (QED) is 0.453. The highest BCUT2D eigenvalue weighted by Gasteiger charge is 2.24. The lowest BCUT2D eigenvalue weighted by Gasteiger charge is -2.28. The average Bonchev–Trinajstić information content (AvgIpc) is 2.48. The van der Waals surface area contributed by atoms with Gasteiger partial charge in [0.1, 0.15) is 5.78 Å². The zero-order valence-electron chi connectivity index (χ0n) is 14.1. The smallest absolute Gasteiger partial charge is 0.227 e. The van der Waals surface area contributed by atoms with E-state index in [9.17, 15) is 14.7 Å². The minimum Gasteiger partial charge on any atom is -0.391 e. The molecule has 4 heteroatoms. The molecule has 0 aromatic carbocycles. The summed E-state index contributed by atoms with van der Waals surface area (Å²) in [5.74, 6) is -0.199. The fourth-order valence-electron chi connectivity index (χ4n) is 3.08. The highest BCUT2D eigenvalue weighted by molar-refractivity contribution is 5.98. The molecule has 1 aliphatic rings. The number of amides is 1. The Balaban J connectivity index is 2.05. The highest BCUT2D eigenvalue weighted by atomic mass is 16.3. The Morgan fingerprint density at radius 2 is 1.64 bits per heavy atom. The first-order valence-electron chi connectivity index (χ1n) is 9.12. The molecule has 128 valence electrons. The molecule has 2 atom stereocenters. The van der Waals surface area contributed by atoms with Crippen LogP contribution in [0.3, 0.4) is 0 Å². The number of aliphatic hydroxyl groups excluding tert-OH is 1. The monoisotopic (exact) mass is 311 g/mol. The van der Waals surface area contributed by atoms with Crippen LogP contribution >= 0.6 is 0 Å². The van der Waals surface area contributed by atoms with Crippen molar-refractivity contribution in [2.45, 2.75) is 103 Å². The number of ketones is 1. The number of carbonyl (C=O) groups is 2. The Hall–Kier alpha value is -0.900.